The van der Waals surface area contributed by atoms with Crippen LogP contribution in [-0.2, 0) is 9.47 Å². The van der Waals surface area contributed by atoms with Crippen LogP contribution in [0.4, 0.5) is 0 Å². The van der Waals surface area contributed by atoms with Gasteiger partial charge in [-0.3, -0.25) is 9.67 Å². The van der Waals surface area contributed by atoms with Gasteiger partial charge in [0.15, 0.2) is 5.82 Å². The number of aryl methyl sites for hydroxylation is 1. The van der Waals surface area contributed by atoms with E-state index in [1.807, 2.05) is 19.2 Å². The summed E-state index contributed by atoms with van der Waals surface area (Å²) in [5.41, 5.74) is 1.73. The number of pyridine rings is 1. The third-order valence-corrected chi connectivity index (χ3v) is 6.68. The number of halogens is 2. The standard InChI is InChI=1S/C20H20BrClN6O3/c1-9-25-20(28(26-9)13-4-12(22)6-23-15(13)10-2-3-10)19-17(29)16(18-14(31-19)8-30-18)27-7-11(21)5-24-27/h4-7,10,14,16-19,29H,2-3,8H2,1H3. The average molecular weight is 508 g/mol. The molecule has 0 spiro atoms. The van der Waals surface area contributed by atoms with Gasteiger partial charge in [0.05, 0.1) is 33.7 Å². The number of nitrogens with zero attached hydrogens (tertiary/aromatic N) is 6. The summed E-state index contributed by atoms with van der Waals surface area (Å²) in [5.74, 6) is 1.50. The maximum Gasteiger partial charge on any atom is 0.164 e. The van der Waals surface area contributed by atoms with E-state index in [0.29, 0.717) is 29.2 Å². The Morgan fingerprint density at radius 2 is 2.13 bits per heavy atom. The molecule has 31 heavy (non-hydrogen) atoms. The second-order valence-electron chi connectivity index (χ2n) is 8.27. The van der Waals surface area contributed by atoms with Crippen molar-refractivity contribution in [1.82, 2.24) is 29.5 Å². The van der Waals surface area contributed by atoms with E-state index in [2.05, 4.69) is 36.1 Å². The lowest BCUT2D eigenvalue weighted by Gasteiger charge is -2.49. The highest BCUT2D eigenvalue weighted by molar-refractivity contribution is 9.10. The van der Waals surface area contributed by atoms with Crippen LogP contribution >= 0.6 is 27.5 Å². The smallest absolute Gasteiger partial charge is 0.164 e. The molecule has 0 amide bonds. The van der Waals surface area contributed by atoms with Gasteiger partial charge in [-0.25, -0.2) is 9.67 Å². The third kappa shape index (κ3) is 3.32. The van der Waals surface area contributed by atoms with Crippen molar-refractivity contribution >= 4 is 27.5 Å². The molecule has 0 bridgehead atoms. The molecule has 11 heteroatoms. The van der Waals surface area contributed by atoms with Crippen molar-refractivity contribution in [3.8, 4) is 5.69 Å². The molecule has 0 aromatic carbocycles. The van der Waals surface area contributed by atoms with Crippen LogP contribution in [0.15, 0.2) is 29.1 Å². The van der Waals surface area contributed by atoms with Crippen LogP contribution in [0.3, 0.4) is 0 Å². The highest BCUT2D eigenvalue weighted by Crippen LogP contribution is 2.45. The number of aromatic nitrogens is 6. The van der Waals surface area contributed by atoms with Crippen molar-refractivity contribution in [1.29, 1.82) is 0 Å². The summed E-state index contributed by atoms with van der Waals surface area (Å²) in [5, 5.41) is 20.9. The first-order valence-electron chi connectivity index (χ1n) is 10.2. The molecule has 9 nitrogen and oxygen atoms in total. The predicted molar refractivity (Wildman–Crippen MR) is 113 cm³/mol. The minimum Gasteiger partial charge on any atom is -0.388 e. The Kier molecular flexibility index (Phi) is 4.69. The summed E-state index contributed by atoms with van der Waals surface area (Å²) < 4.78 is 16.3. The Labute approximate surface area is 191 Å². The molecule has 1 N–H and O–H groups in total. The number of hydrogen-bond donors (Lipinski definition) is 1. The lowest BCUT2D eigenvalue weighted by atomic mass is 9.89. The van der Waals surface area contributed by atoms with Crippen LogP contribution in [-0.4, -0.2) is 59.6 Å². The molecule has 5 atom stereocenters. The van der Waals surface area contributed by atoms with E-state index in [4.69, 9.17) is 21.1 Å². The quantitative estimate of drug-likeness (QED) is 0.579. The van der Waals surface area contributed by atoms with Crippen LogP contribution < -0.4 is 0 Å². The van der Waals surface area contributed by atoms with E-state index in [1.54, 1.807) is 21.8 Å². The van der Waals surface area contributed by atoms with Crippen LogP contribution in [0.1, 0.15) is 48.2 Å². The summed E-state index contributed by atoms with van der Waals surface area (Å²) >= 11 is 9.71. The molecule has 5 heterocycles. The molecule has 162 valence electrons. The Morgan fingerprint density at radius 3 is 2.81 bits per heavy atom. The van der Waals surface area contributed by atoms with E-state index < -0.39 is 18.2 Å². The first kappa shape index (κ1) is 19.8. The van der Waals surface area contributed by atoms with Crippen molar-refractivity contribution in [3.63, 3.8) is 0 Å². The number of rotatable bonds is 4. The first-order valence-corrected chi connectivity index (χ1v) is 11.4. The zero-order valence-corrected chi connectivity index (χ0v) is 18.9. The molecular formula is C20H20BrClN6O3. The Morgan fingerprint density at radius 1 is 1.29 bits per heavy atom. The van der Waals surface area contributed by atoms with E-state index in [1.165, 1.54) is 0 Å². The molecule has 2 aliphatic heterocycles. The largest absolute Gasteiger partial charge is 0.388 e. The maximum absolute atomic E-state index is 11.4. The number of ether oxygens (including phenoxy) is 2. The normalized spacial score (nSPS) is 30.1. The predicted octanol–water partition coefficient (Wildman–Crippen LogP) is 2.90. The first-order chi connectivity index (χ1) is 15.0. The summed E-state index contributed by atoms with van der Waals surface area (Å²) in [6, 6.07) is 1.45. The van der Waals surface area contributed by atoms with Gasteiger partial charge in [-0.15, -0.1) is 0 Å². The molecule has 1 saturated carbocycles. The van der Waals surface area contributed by atoms with E-state index in [0.717, 1.165) is 28.7 Å². The molecule has 3 aromatic heterocycles. The average Bonchev–Trinajstić information content (AvgIpc) is 3.36. The lowest BCUT2D eigenvalue weighted by molar-refractivity contribution is -0.288. The van der Waals surface area contributed by atoms with Crippen molar-refractivity contribution in [2.45, 2.75) is 56.1 Å². The molecular weight excluding hydrogens is 488 g/mol. The van der Waals surface area contributed by atoms with Crippen LogP contribution in [0.5, 0.6) is 0 Å². The van der Waals surface area contributed by atoms with Crippen LogP contribution in [0, 0.1) is 6.92 Å². The second-order valence-corrected chi connectivity index (χ2v) is 9.63. The van der Waals surface area contributed by atoms with Gasteiger partial charge in [-0.1, -0.05) is 11.6 Å². The molecule has 2 saturated heterocycles. The number of hydrogen-bond acceptors (Lipinski definition) is 7. The minimum absolute atomic E-state index is 0.160. The molecule has 6 rings (SSSR count). The summed E-state index contributed by atoms with van der Waals surface area (Å²) in [6.07, 6.45) is 5.29. The lowest BCUT2D eigenvalue weighted by Crippen LogP contribution is -2.60. The zero-order chi connectivity index (χ0) is 21.3. The molecule has 0 radical (unpaired) electrons. The molecule has 3 aliphatic rings. The molecule has 5 unspecified atom stereocenters. The van der Waals surface area contributed by atoms with Crippen molar-refractivity contribution in [3.05, 3.63) is 51.5 Å². The fraction of sp³-hybridized carbons (Fsp3) is 0.500. The van der Waals surface area contributed by atoms with Crippen molar-refractivity contribution < 1.29 is 14.6 Å². The van der Waals surface area contributed by atoms with Crippen LogP contribution in [0.2, 0.25) is 5.02 Å². The van der Waals surface area contributed by atoms with Crippen molar-refractivity contribution in [2.75, 3.05) is 6.61 Å². The van der Waals surface area contributed by atoms with Gasteiger partial charge in [-0.05, 0) is 41.8 Å². The minimum atomic E-state index is -0.938. The van der Waals surface area contributed by atoms with Gasteiger partial charge in [0, 0.05) is 18.3 Å². The molecule has 1 aliphatic carbocycles. The fourth-order valence-electron chi connectivity index (χ4n) is 4.43. The summed E-state index contributed by atoms with van der Waals surface area (Å²) in [4.78, 5) is 9.22. The van der Waals surface area contributed by atoms with Crippen LogP contribution in [0.25, 0.3) is 5.69 Å². The number of aliphatic hydroxyl groups is 1. The van der Waals surface area contributed by atoms with Gasteiger partial charge < -0.3 is 14.6 Å². The Balaban J connectivity index is 1.44. The highest BCUT2D eigenvalue weighted by atomic mass is 79.9. The third-order valence-electron chi connectivity index (χ3n) is 6.06. The Bertz CT molecular complexity index is 1150. The highest BCUT2D eigenvalue weighted by Gasteiger charge is 2.54. The van der Waals surface area contributed by atoms with E-state index >= 15 is 0 Å². The number of aliphatic hydroxyl groups excluding tert-OH is 1. The zero-order valence-electron chi connectivity index (χ0n) is 16.6. The van der Waals surface area contributed by atoms with Gasteiger partial charge in [-0.2, -0.15) is 10.2 Å². The van der Waals surface area contributed by atoms with Crippen molar-refractivity contribution in [2.24, 2.45) is 0 Å². The second kappa shape index (κ2) is 7.35. The van der Waals surface area contributed by atoms with E-state index in [-0.39, 0.29) is 12.2 Å². The van der Waals surface area contributed by atoms with Gasteiger partial charge in [0.25, 0.3) is 0 Å². The van der Waals surface area contributed by atoms with E-state index in [9.17, 15) is 5.11 Å². The monoisotopic (exact) mass is 506 g/mol. The SMILES string of the molecule is Cc1nc(C2OC3COC3C(n3cc(Br)cn3)C2O)n(-c2cc(Cl)cnc2C2CC2)n1. The summed E-state index contributed by atoms with van der Waals surface area (Å²) in [7, 11) is 0. The Hall–Kier alpha value is -1.85. The summed E-state index contributed by atoms with van der Waals surface area (Å²) in [6.45, 7) is 2.29. The molecule has 3 aromatic rings. The van der Waals surface area contributed by atoms with Gasteiger partial charge in [0.1, 0.15) is 36.3 Å². The van der Waals surface area contributed by atoms with Gasteiger partial charge in [0.2, 0.25) is 0 Å². The number of fused-ring (bicyclic) bond motifs is 1. The van der Waals surface area contributed by atoms with Gasteiger partial charge >= 0.3 is 0 Å². The fourth-order valence-corrected chi connectivity index (χ4v) is 4.89. The molecule has 3 fully saturated rings. The topological polar surface area (TPSA) is 100 Å². The maximum atomic E-state index is 11.4.